The van der Waals surface area contributed by atoms with Crippen LogP contribution in [0.3, 0.4) is 0 Å². The fourth-order valence-electron chi connectivity index (χ4n) is 3.59. The zero-order valence-electron chi connectivity index (χ0n) is 17.8. The summed E-state index contributed by atoms with van der Waals surface area (Å²) in [6, 6.07) is 22.6. The minimum Gasteiger partial charge on any atom is -0.497 e. The molecule has 0 aromatic heterocycles. The van der Waals surface area contributed by atoms with E-state index in [1.165, 1.54) is 4.90 Å². The predicted octanol–water partition coefficient (Wildman–Crippen LogP) is 4.70. The molecule has 4 rings (SSSR count). The SMILES string of the molecule is COc1ccc(CN2C(=O)C(Nc3ccc(C)c(C)c3)=C(c3ccccc3)C2=O)cc1. The van der Waals surface area contributed by atoms with E-state index in [2.05, 4.69) is 5.32 Å². The maximum Gasteiger partial charge on any atom is 0.278 e. The van der Waals surface area contributed by atoms with Crippen LogP contribution in [-0.2, 0) is 16.1 Å². The van der Waals surface area contributed by atoms with Gasteiger partial charge in [0, 0.05) is 5.69 Å². The molecule has 3 aromatic rings. The summed E-state index contributed by atoms with van der Waals surface area (Å²) in [5.74, 6) is 0.0827. The van der Waals surface area contributed by atoms with Crippen LogP contribution in [0.2, 0.25) is 0 Å². The van der Waals surface area contributed by atoms with Crippen molar-refractivity contribution in [3.05, 3.63) is 101 Å². The van der Waals surface area contributed by atoms with Gasteiger partial charge >= 0.3 is 0 Å². The Balaban J connectivity index is 1.70. The van der Waals surface area contributed by atoms with E-state index >= 15 is 0 Å². The Hall–Kier alpha value is -3.86. The number of carbonyl (C=O) groups is 2. The van der Waals surface area contributed by atoms with Gasteiger partial charge in [0.15, 0.2) is 0 Å². The molecule has 5 heteroatoms. The highest BCUT2D eigenvalue weighted by Gasteiger charge is 2.39. The van der Waals surface area contributed by atoms with Gasteiger partial charge in [-0.05, 0) is 60.4 Å². The number of benzene rings is 3. The number of carbonyl (C=O) groups excluding carboxylic acids is 2. The average molecular weight is 412 g/mol. The molecular weight excluding hydrogens is 388 g/mol. The number of amides is 2. The van der Waals surface area contributed by atoms with Gasteiger partial charge in [0.2, 0.25) is 0 Å². The van der Waals surface area contributed by atoms with Gasteiger partial charge in [-0.15, -0.1) is 0 Å². The quantitative estimate of drug-likeness (QED) is 0.596. The van der Waals surface area contributed by atoms with E-state index in [9.17, 15) is 9.59 Å². The lowest BCUT2D eigenvalue weighted by Crippen LogP contribution is -2.32. The molecule has 0 saturated carbocycles. The van der Waals surface area contributed by atoms with E-state index < -0.39 is 0 Å². The monoisotopic (exact) mass is 412 g/mol. The predicted molar refractivity (Wildman–Crippen MR) is 121 cm³/mol. The van der Waals surface area contributed by atoms with Crippen molar-refractivity contribution in [1.29, 1.82) is 0 Å². The van der Waals surface area contributed by atoms with Crippen LogP contribution >= 0.6 is 0 Å². The summed E-state index contributed by atoms with van der Waals surface area (Å²) in [7, 11) is 1.60. The average Bonchev–Trinajstić information content (AvgIpc) is 3.01. The second kappa shape index (κ2) is 8.48. The Bertz CT molecular complexity index is 1170. The zero-order valence-corrected chi connectivity index (χ0v) is 17.8. The molecule has 2 amide bonds. The van der Waals surface area contributed by atoms with Crippen LogP contribution in [0.5, 0.6) is 5.75 Å². The molecule has 1 N–H and O–H groups in total. The lowest BCUT2D eigenvalue weighted by Gasteiger charge is -2.16. The number of hydrogen-bond acceptors (Lipinski definition) is 4. The molecule has 0 aliphatic carbocycles. The van der Waals surface area contributed by atoms with Crippen LogP contribution in [0.25, 0.3) is 5.57 Å². The van der Waals surface area contributed by atoms with Gasteiger partial charge in [-0.1, -0.05) is 48.5 Å². The van der Waals surface area contributed by atoms with Crippen molar-refractivity contribution in [2.75, 3.05) is 12.4 Å². The lowest BCUT2D eigenvalue weighted by molar-refractivity contribution is -0.137. The van der Waals surface area contributed by atoms with Gasteiger partial charge in [-0.3, -0.25) is 14.5 Å². The number of methoxy groups -OCH3 is 1. The molecule has 156 valence electrons. The van der Waals surface area contributed by atoms with Crippen molar-refractivity contribution in [3.8, 4) is 5.75 Å². The van der Waals surface area contributed by atoms with Gasteiger partial charge in [0.1, 0.15) is 11.4 Å². The molecule has 0 bridgehead atoms. The number of anilines is 1. The smallest absolute Gasteiger partial charge is 0.278 e. The molecule has 0 spiro atoms. The van der Waals surface area contributed by atoms with E-state index in [0.29, 0.717) is 16.8 Å². The van der Waals surface area contributed by atoms with Crippen molar-refractivity contribution in [2.45, 2.75) is 20.4 Å². The Morgan fingerprint density at radius 1 is 0.839 bits per heavy atom. The highest BCUT2D eigenvalue weighted by molar-refractivity contribution is 6.36. The van der Waals surface area contributed by atoms with E-state index in [0.717, 1.165) is 28.1 Å². The number of ether oxygens (including phenoxy) is 1. The van der Waals surface area contributed by atoms with Crippen LogP contribution < -0.4 is 10.1 Å². The molecule has 0 radical (unpaired) electrons. The summed E-state index contributed by atoms with van der Waals surface area (Å²) in [6.45, 7) is 4.25. The Morgan fingerprint density at radius 3 is 2.19 bits per heavy atom. The maximum atomic E-state index is 13.3. The Labute approximate surface area is 182 Å². The van der Waals surface area contributed by atoms with Crippen LogP contribution in [-0.4, -0.2) is 23.8 Å². The van der Waals surface area contributed by atoms with Crippen molar-refractivity contribution in [3.63, 3.8) is 0 Å². The van der Waals surface area contributed by atoms with Gasteiger partial charge in [-0.25, -0.2) is 0 Å². The minimum absolute atomic E-state index is 0.191. The summed E-state index contributed by atoms with van der Waals surface area (Å²) >= 11 is 0. The molecule has 3 aromatic carbocycles. The third kappa shape index (κ3) is 4.08. The molecule has 31 heavy (non-hydrogen) atoms. The van der Waals surface area contributed by atoms with Gasteiger partial charge in [0.05, 0.1) is 19.2 Å². The van der Waals surface area contributed by atoms with E-state index in [-0.39, 0.29) is 18.4 Å². The number of rotatable bonds is 6. The van der Waals surface area contributed by atoms with E-state index in [1.807, 2.05) is 86.6 Å². The van der Waals surface area contributed by atoms with Crippen LogP contribution in [0.1, 0.15) is 22.3 Å². The number of hydrogen-bond donors (Lipinski definition) is 1. The molecular formula is C26H24N2O3. The summed E-state index contributed by atoms with van der Waals surface area (Å²) in [5.41, 5.74) is 5.30. The van der Waals surface area contributed by atoms with Crippen molar-refractivity contribution < 1.29 is 14.3 Å². The molecule has 0 fully saturated rings. The Morgan fingerprint density at radius 2 is 1.55 bits per heavy atom. The molecule has 0 saturated heterocycles. The largest absolute Gasteiger partial charge is 0.497 e. The topological polar surface area (TPSA) is 58.6 Å². The van der Waals surface area contributed by atoms with Crippen molar-refractivity contribution >= 4 is 23.1 Å². The molecule has 1 aliphatic rings. The minimum atomic E-state index is -0.335. The van der Waals surface area contributed by atoms with E-state index in [4.69, 9.17) is 4.74 Å². The third-order valence-electron chi connectivity index (χ3n) is 5.51. The molecule has 1 aliphatic heterocycles. The first-order chi connectivity index (χ1) is 15.0. The number of aryl methyl sites for hydroxylation is 2. The summed E-state index contributed by atoms with van der Waals surface area (Å²) < 4.78 is 5.19. The molecule has 1 heterocycles. The highest BCUT2D eigenvalue weighted by atomic mass is 16.5. The molecule has 0 atom stereocenters. The van der Waals surface area contributed by atoms with Crippen LogP contribution in [0.4, 0.5) is 5.69 Å². The fraction of sp³-hybridized carbons (Fsp3) is 0.154. The first-order valence-corrected chi connectivity index (χ1v) is 10.1. The third-order valence-corrected chi connectivity index (χ3v) is 5.51. The van der Waals surface area contributed by atoms with Gasteiger partial charge in [-0.2, -0.15) is 0 Å². The Kier molecular flexibility index (Phi) is 5.58. The van der Waals surface area contributed by atoms with Crippen molar-refractivity contribution in [1.82, 2.24) is 4.90 Å². The first kappa shape index (κ1) is 20.4. The second-order valence-corrected chi connectivity index (χ2v) is 7.58. The first-order valence-electron chi connectivity index (χ1n) is 10.1. The number of nitrogens with one attached hydrogen (secondary N) is 1. The second-order valence-electron chi connectivity index (χ2n) is 7.58. The van der Waals surface area contributed by atoms with Crippen LogP contribution in [0, 0.1) is 13.8 Å². The van der Waals surface area contributed by atoms with Crippen LogP contribution in [0.15, 0.2) is 78.5 Å². The van der Waals surface area contributed by atoms with E-state index in [1.54, 1.807) is 7.11 Å². The summed E-state index contributed by atoms with van der Waals surface area (Å²) in [6.07, 6.45) is 0. The van der Waals surface area contributed by atoms with Gasteiger partial charge in [0.25, 0.3) is 11.8 Å². The van der Waals surface area contributed by atoms with Gasteiger partial charge < -0.3 is 10.1 Å². The number of imide groups is 1. The highest BCUT2D eigenvalue weighted by Crippen LogP contribution is 2.32. The fourth-order valence-corrected chi connectivity index (χ4v) is 3.59. The normalized spacial score (nSPS) is 13.7. The molecule has 0 unspecified atom stereocenters. The maximum absolute atomic E-state index is 13.3. The summed E-state index contributed by atoms with van der Waals surface area (Å²) in [5, 5.41) is 3.22. The van der Waals surface area contributed by atoms with Crippen molar-refractivity contribution in [2.24, 2.45) is 0 Å². The standard InChI is InChI=1S/C26H24N2O3/c1-17-9-12-21(15-18(17)2)27-24-23(20-7-5-4-6-8-20)25(29)28(26(24)30)16-19-10-13-22(31-3)14-11-19/h4-15,27H,16H2,1-3H3. The summed E-state index contributed by atoms with van der Waals surface area (Å²) in [4.78, 5) is 28.0. The zero-order chi connectivity index (χ0) is 22.0. The lowest BCUT2D eigenvalue weighted by atomic mass is 10.0. The number of nitrogens with zero attached hydrogens (tertiary/aromatic N) is 1. The molecule has 5 nitrogen and oxygen atoms in total.